The van der Waals surface area contributed by atoms with E-state index in [0.717, 1.165) is 37.0 Å². The second kappa shape index (κ2) is 13.4. The van der Waals surface area contributed by atoms with Gasteiger partial charge in [-0.05, 0) is 59.4 Å². The van der Waals surface area contributed by atoms with E-state index in [1.54, 1.807) is 0 Å². The summed E-state index contributed by atoms with van der Waals surface area (Å²) in [6, 6.07) is 12.6. The van der Waals surface area contributed by atoms with Gasteiger partial charge in [0.2, 0.25) is 0 Å². The maximum Gasteiger partial charge on any atom is 0.330 e. The van der Waals surface area contributed by atoms with Gasteiger partial charge in [-0.2, -0.15) is 0 Å². The van der Waals surface area contributed by atoms with E-state index < -0.39 is 12.3 Å². The monoisotopic (exact) mass is 496 g/mol. The van der Waals surface area contributed by atoms with Gasteiger partial charge < -0.3 is 28.4 Å². The Morgan fingerprint density at radius 2 is 1.64 bits per heavy atom. The van der Waals surface area contributed by atoms with Gasteiger partial charge in [-0.1, -0.05) is 38.5 Å². The fourth-order valence-electron chi connectivity index (χ4n) is 4.31. The van der Waals surface area contributed by atoms with Crippen LogP contribution in [0.15, 0.2) is 49.1 Å². The molecule has 1 aliphatic heterocycles. The molecule has 0 amide bonds. The molecule has 0 N–H and O–H groups in total. The number of hydrogen-bond donors (Lipinski definition) is 0. The third-order valence-corrected chi connectivity index (χ3v) is 6.22. The van der Waals surface area contributed by atoms with Gasteiger partial charge in [-0.3, -0.25) is 0 Å². The Morgan fingerprint density at radius 1 is 0.944 bits per heavy atom. The molecule has 2 aliphatic rings. The van der Waals surface area contributed by atoms with E-state index in [1.807, 2.05) is 6.07 Å². The van der Waals surface area contributed by atoms with Crippen LogP contribution in [0.4, 0.5) is 0 Å². The Balaban J connectivity index is 1.17. The summed E-state index contributed by atoms with van der Waals surface area (Å²) in [5.74, 6) is 1.32. The summed E-state index contributed by atoms with van der Waals surface area (Å²) in [5, 5.41) is 0. The maximum atomic E-state index is 11.0. The highest BCUT2D eigenvalue weighted by atomic mass is 16.7. The highest BCUT2D eigenvalue weighted by Gasteiger charge is 2.24. The average Bonchev–Trinajstić information content (AvgIpc) is 3.27. The molecule has 0 radical (unpaired) electrons. The van der Waals surface area contributed by atoms with Crippen LogP contribution in [0.1, 0.15) is 43.7 Å². The van der Waals surface area contributed by atoms with Crippen molar-refractivity contribution in [1.82, 2.24) is 0 Å². The standard InChI is InChI=1S/C29H36O7/c1-3-5-6-12-31-23-8-10-26-21(16-23)15-22-17-24(9-11-27(22)26)34-20-29-35-18-25(19-36-29)32-13-7-14-33-28(30)4-2/h4,8-11,16-17,25,29H,2-3,5-7,12-15,18-20H2,1H3. The molecule has 1 heterocycles. The molecule has 0 atom stereocenters. The first kappa shape index (κ1) is 26.2. The summed E-state index contributed by atoms with van der Waals surface area (Å²) in [5.41, 5.74) is 5.06. The molecule has 0 saturated carbocycles. The predicted molar refractivity (Wildman–Crippen MR) is 136 cm³/mol. The molecule has 7 nitrogen and oxygen atoms in total. The second-order valence-electron chi connectivity index (χ2n) is 9.00. The molecule has 0 aromatic heterocycles. The van der Waals surface area contributed by atoms with Gasteiger partial charge in [0.05, 0.1) is 33.0 Å². The van der Waals surface area contributed by atoms with Gasteiger partial charge in [-0.15, -0.1) is 0 Å². The van der Waals surface area contributed by atoms with Crippen LogP contribution in [0.5, 0.6) is 11.5 Å². The summed E-state index contributed by atoms with van der Waals surface area (Å²) in [6.07, 6.45) is 5.53. The summed E-state index contributed by atoms with van der Waals surface area (Å²) in [4.78, 5) is 11.0. The van der Waals surface area contributed by atoms with E-state index in [2.05, 4.69) is 43.8 Å². The summed E-state index contributed by atoms with van der Waals surface area (Å²) >= 11 is 0. The first-order chi connectivity index (χ1) is 17.7. The van der Waals surface area contributed by atoms with E-state index in [4.69, 9.17) is 28.4 Å². The lowest BCUT2D eigenvalue weighted by atomic mass is 10.1. The number of esters is 1. The smallest absolute Gasteiger partial charge is 0.330 e. The van der Waals surface area contributed by atoms with E-state index in [9.17, 15) is 4.79 Å². The topological polar surface area (TPSA) is 72.5 Å². The van der Waals surface area contributed by atoms with E-state index >= 15 is 0 Å². The van der Waals surface area contributed by atoms with E-state index in [1.165, 1.54) is 35.1 Å². The van der Waals surface area contributed by atoms with Crippen molar-refractivity contribution in [3.8, 4) is 22.6 Å². The SMILES string of the molecule is C=CC(=O)OCCCOC1COC(COc2ccc3c(c2)Cc2cc(OCCCCC)ccc2-3)OC1. The van der Waals surface area contributed by atoms with Crippen LogP contribution in [-0.2, 0) is 30.2 Å². The molecule has 2 aromatic carbocycles. The lowest BCUT2D eigenvalue weighted by molar-refractivity contribution is -0.234. The molecular formula is C29H36O7. The van der Waals surface area contributed by atoms with Gasteiger partial charge in [0.15, 0.2) is 6.29 Å². The highest BCUT2D eigenvalue weighted by molar-refractivity contribution is 5.81. The van der Waals surface area contributed by atoms with Crippen LogP contribution in [0, 0.1) is 0 Å². The molecule has 4 rings (SSSR count). The number of rotatable bonds is 14. The van der Waals surface area contributed by atoms with Gasteiger partial charge in [-0.25, -0.2) is 4.79 Å². The molecule has 1 saturated heterocycles. The average molecular weight is 497 g/mol. The molecule has 1 fully saturated rings. The third kappa shape index (κ3) is 7.32. The molecule has 0 unspecified atom stereocenters. The molecule has 7 heteroatoms. The summed E-state index contributed by atoms with van der Waals surface area (Å²) in [6.45, 7) is 8.27. The minimum atomic E-state index is -0.434. The Kier molecular flexibility index (Phi) is 9.78. The first-order valence-corrected chi connectivity index (χ1v) is 12.8. The number of fused-ring (bicyclic) bond motifs is 3. The van der Waals surface area contributed by atoms with E-state index in [0.29, 0.717) is 39.5 Å². The van der Waals surface area contributed by atoms with Crippen molar-refractivity contribution in [2.45, 2.75) is 51.4 Å². The van der Waals surface area contributed by atoms with Crippen molar-refractivity contribution in [3.05, 3.63) is 60.2 Å². The van der Waals surface area contributed by atoms with Gasteiger partial charge in [0.25, 0.3) is 0 Å². The third-order valence-electron chi connectivity index (χ3n) is 6.22. The Bertz CT molecular complexity index is 1010. The molecule has 1 aliphatic carbocycles. The van der Waals surface area contributed by atoms with Crippen LogP contribution in [0.3, 0.4) is 0 Å². The molecule has 36 heavy (non-hydrogen) atoms. The minimum Gasteiger partial charge on any atom is -0.494 e. The number of carbonyl (C=O) groups excluding carboxylic acids is 1. The first-order valence-electron chi connectivity index (χ1n) is 12.8. The molecule has 194 valence electrons. The predicted octanol–water partition coefficient (Wildman–Crippen LogP) is 5.08. The highest BCUT2D eigenvalue weighted by Crippen LogP contribution is 2.40. The van der Waals surface area contributed by atoms with Crippen LogP contribution in [0.2, 0.25) is 0 Å². The number of ether oxygens (including phenoxy) is 6. The van der Waals surface area contributed by atoms with Crippen molar-refractivity contribution < 1.29 is 33.2 Å². The van der Waals surface area contributed by atoms with Crippen molar-refractivity contribution in [2.24, 2.45) is 0 Å². The lowest BCUT2D eigenvalue weighted by Gasteiger charge is -2.29. The minimum absolute atomic E-state index is 0.143. The summed E-state index contributed by atoms with van der Waals surface area (Å²) in [7, 11) is 0. The Hall–Kier alpha value is -2.87. The normalized spacial score (nSPS) is 18.2. The zero-order valence-corrected chi connectivity index (χ0v) is 21.0. The Labute approximate surface area is 213 Å². The number of unbranched alkanes of at least 4 members (excludes halogenated alkanes) is 2. The molecule has 0 spiro atoms. The van der Waals surface area contributed by atoms with Crippen LogP contribution >= 0.6 is 0 Å². The molecular weight excluding hydrogens is 460 g/mol. The summed E-state index contributed by atoms with van der Waals surface area (Å²) < 4.78 is 34.0. The van der Waals surface area contributed by atoms with Crippen molar-refractivity contribution >= 4 is 5.97 Å². The number of carbonyl (C=O) groups is 1. The maximum absolute atomic E-state index is 11.0. The quantitative estimate of drug-likeness (QED) is 0.175. The van der Waals surface area contributed by atoms with Gasteiger partial charge in [0, 0.05) is 12.5 Å². The van der Waals surface area contributed by atoms with Crippen molar-refractivity contribution in [2.75, 3.05) is 39.6 Å². The van der Waals surface area contributed by atoms with Crippen molar-refractivity contribution in [1.29, 1.82) is 0 Å². The zero-order valence-electron chi connectivity index (χ0n) is 21.0. The van der Waals surface area contributed by atoms with E-state index in [-0.39, 0.29) is 6.10 Å². The van der Waals surface area contributed by atoms with Gasteiger partial charge in [0.1, 0.15) is 24.2 Å². The molecule has 2 aromatic rings. The van der Waals surface area contributed by atoms with Crippen molar-refractivity contribution in [3.63, 3.8) is 0 Å². The number of hydrogen-bond acceptors (Lipinski definition) is 7. The second-order valence-corrected chi connectivity index (χ2v) is 9.00. The Morgan fingerprint density at radius 3 is 2.31 bits per heavy atom. The number of benzene rings is 2. The zero-order chi connectivity index (χ0) is 25.2. The lowest BCUT2D eigenvalue weighted by Crippen LogP contribution is -2.40. The van der Waals surface area contributed by atoms with Crippen LogP contribution < -0.4 is 9.47 Å². The fourth-order valence-corrected chi connectivity index (χ4v) is 4.31. The van der Waals surface area contributed by atoms with Crippen LogP contribution in [-0.4, -0.2) is 58.0 Å². The fraction of sp³-hybridized carbons (Fsp3) is 0.483. The largest absolute Gasteiger partial charge is 0.494 e. The molecule has 0 bridgehead atoms. The van der Waals surface area contributed by atoms with Crippen LogP contribution in [0.25, 0.3) is 11.1 Å². The van der Waals surface area contributed by atoms with Gasteiger partial charge >= 0.3 is 5.97 Å².